The third-order valence-corrected chi connectivity index (χ3v) is 4.75. The van der Waals surface area contributed by atoms with Crippen molar-refractivity contribution in [1.29, 1.82) is 0 Å². The predicted octanol–water partition coefficient (Wildman–Crippen LogP) is 3.79. The van der Waals surface area contributed by atoms with Crippen LogP contribution in [-0.2, 0) is 13.0 Å². The molecule has 2 aromatic heterocycles. The zero-order chi connectivity index (χ0) is 13.3. The van der Waals surface area contributed by atoms with Crippen molar-refractivity contribution < 1.29 is 0 Å². The van der Waals surface area contributed by atoms with Gasteiger partial charge in [0.15, 0.2) is 5.65 Å². The van der Waals surface area contributed by atoms with E-state index in [-0.39, 0.29) is 0 Å². The first-order valence-electron chi connectivity index (χ1n) is 7.14. The number of nitrogens with zero attached hydrogens (tertiary/aromatic N) is 3. The maximum atomic E-state index is 5.91. The van der Waals surface area contributed by atoms with E-state index in [1.165, 1.54) is 25.7 Å². The maximum absolute atomic E-state index is 5.91. The number of halogens is 1. The van der Waals surface area contributed by atoms with Crippen molar-refractivity contribution in [2.75, 3.05) is 5.88 Å². The predicted molar refractivity (Wildman–Crippen MR) is 78.5 cm³/mol. The maximum Gasteiger partial charge on any atom is 0.160 e. The van der Waals surface area contributed by atoms with Crippen molar-refractivity contribution in [2.45, 2.75) is 45.6 Å². The molecule has 1 aliphatic carbocycles. The van der Waals surface area contributed by atoms with Gasteiger partial charge in [0.1, 0.15) is 11.3 Å². The molecule has 0 spiro atoms. The highest BCUT2D eigenvalue weighted by Gasteiger charge is 2.36. The van der Waals surface area contributed by atoms with Crippen molar-refractivity contribution in [3.05, 3.63) is 24.2 Å². The third kappa shape index (κ3) is 2.25. The molecule has 0 aliphatic heterocycles. The second-order valence-corrected chi connectivity index (χ2v) is 5.98. The van der Waals surface area contributed by atoms with Gasteiger partial charge >= 0.3 is 0 Å². The van der Waals surface area contributed by atoms with Gasteiger partial charge in [-0.25, -0.2) is 9.97 Å². The lowest BCUT2D eigenvalue weighted by molar-refractivity contribution is 0.101. The number of rotatable bonds is 5. The van der Waals surface area contributed by atoms with Crippen molar-refractivity contribution in [2.24, 2.45) is 5.41 Å². The standard InChI is InChI=1S/C15H20ClN3/c1-2-15(7-4-8-15)11-19-13(6-9-16)18-12-5-3-10-17-14(12)19/h3,5,10H,2,4,6-9,11H2,1H3. The molecule has 0 amide bonds. The van der Waals surface area contributed by atoms with Crippen molar-refractivity contribution in [3.63, 3.8) is 0 Å². The van der Waals surface area contributed by atoms with Crippen LogP contribution in [-0.4, -0.2) is 20.4 Å². The molecule has 1 aliphatic rings. The summed E-state index contributed by atoms with van der Waals surface area (Å²) in [5.74, 6) is 1.70. The Balaban J connectivity index is 2.02. The molecule has 3 rings (SSSR count). The number of imidazole rings is 1. The molecular weight excluding hydrogens is 258 g/mol. The Morgan fingerprint density at radius 3 is 2.89 bits per heavy atom. The molecule has 3 nitrogen and oxygen atoms in total. The van der Waals surface area contributed by atoms with Gasteiger partial charge in [0.2, 0.25) is 0 Å². The van der Waals surface area contributed by atoms with Gasteiger partial charge in [-0.2, -0.15) is 0 Å². The van der Waals surface area contributed by atoms with Crippen LogP contribution >= 0.6 is 11.6 Å². The average Bonchev–Trinajstić information content (AvgIpc) is 2.72. The molecule has 0 unspecified atom stereocenters. The second kappa shape index (κ2) is 5.12. The van der Waals surface area contributed by atoms with Crippen molar-refractivity contribution in [1.82, 2.24) is 14.5 Å². The zero-order valence-corrected chi connectivity index (χ0v) is 12.2. The molecule has 0 radical (unpaired) electrons. The lowest BCUT2D eigenvalue weighted by atomic mass is 9.67. The van der Waals surface area contributed by atoms with E-state index < -0.39 is 0 Å². The summed E-state index contributed by atoms with van der Waals surface area (Å²) in [6.07, 6.45) is 7.92. The van der Waals surface area contributed by atoms with Gasteiger partial charge in [0.05, 0.1) is 0 Å². The van der Waals surface area contributed by atoms with Gasteiger partial charge in [-0.15, -0.1) is 11.6 Å². The van der Waals surface area contributed by atoms with Crippen LogP contribution in [0, 0.1) is 5.41 Å². The molecule has 0 saturated heterocycles. The summed E-state index contributed by atoms with van der Waals surface area (Å²) in [5, 5.41) is 0. The van der Waals surface area contributed by atoms with Gasteiger partial charge in [-0.05, 0) is 36.8 Å². The number of pyridine rings is 1. The molecule has 102 valence electrons. The van der Waals surface area contributed by atoms with Crippen LogP contribution in [0.1, 0.15) is 38.4 Å². The molecule has 0 bridgehead atoms. The lowest BCUT2D eigenvalue weighted by Crippen LogP contribution is -2.34. The molecule has 0 aromatic carbocycles. The summed E-state index contributed by atoms with van der Waals surface area (Å²) in [7, 11) is 0. The highest BCUT2D eigenvalue weighted by Crippen LogP contribution is 2.45. The normalized spacial score (nSPS) is 17.6. The van der Waals surface area contributed by atoms with Crippen LogP contribution in [0.2, 0.25) is 0 Å². The van der Waals surface area contributed by atoms with E-state index in [1.807, 2.05) is 18.3 Å². The monoisotopic (exact) mass is 277 g/mol. The highest BCUT2D eigenvalue weighted by molar-refractivity contribution is 6.17. The Bertz CT molecular complexity index is 566. The van der Waals surface area contributed by atoms with Crippen molar-refractivity contribution in [3.8, 4) is 0 Å². The zero-order valence-electron chi connectivity index (χ0n) is 11.4. The quantitative estimate of drug-likeness (QED) is 0.779. The molecule has 0 atom stereocenters. The Hall–Kier alpha value is -1.09. The molecular formula is C15H20ClN3. The number of hydrogen-bond acceptors (Lipinski definition) is 2. The smallest absolute Gasteiger partial charge is 0.160 e. The van der Waals surface area contributed by atoms with E-state index in [4.69, 9.17) is 16.6 Å². The fraction of sp³-hybridized carbons (Fsp3) is 0.600. The summed E-state index contributed by atoms with van der Waals surface area (Å²) in [6, 6.07) is 3.99. The topological polar surface area (TPSA) is 30.7 Å². The Morgan fingerprint density at radius 2 is 2.26 bits per heavy atom. The minimum Gasteiger partial charge on any atom is -0.312 e. The van der Waals surface area contributed by atoms with Crippen LogP contribution in [0.25, 0.3) is 11.2 Å². The number of hydrogen-bond donors (Lipinski definition) is 0. The van der Waals surface area contributed by atoms with Gasteiger partial charge in [-0.3, -0.25) is 0 Å². The van der Waals surface area contributed by atoms with Crippen LogP contribution in [0.4, 0.5) is 0 Å². The van der Waals surface area contributed by atoms with Gasteiger partial charge < -0.3 is 4.57 Å². The van der Waals surface area contributed by atoms with E-state index in [9.17, 15) is 0 Å². The SMILES string of the molecule is CCC1(Cn2c(CCCl)nc3cccnc32)CCC1. The summed E-state index contributed by atoms with van der Waals surface area (Å²) >= 11 is 5.91. The van der Waals surface area contributed by atoms with E-state index in [0.29, 0.717) is 11.3 Å². The fourth-order valence-electron chi connectivity index (χ4n) is 3.08. The second-order valence-electron chi connectivity index (χ2n) is 5.61. The van der Waals surface area contributed by atoms with Crippen LogP contribution < -0.4 is 0 Å². The van der Waals surface area contributed by atoms with E-state index in [1.54, 1.807) is 0 Å². The van der Waals surface area contributed by atoms with Gasteiger partial charge in [0.25, 0.3) is 0 Å². The molecule has 4 heteroatoms. The fourth-order valence-corrected chi connectivity index (χ4v) is 3.25. The molecule has 0 N–H and O–H groups in total. The molecule has 1 saturated carbocycles. The Kier molecular flexibility index (Phi) is 3.48. The lowest BCUT2D eigenvalue weighted by Gasteiger charge is -2.41. The van der Waals surface area contributed by atoms with Crippen LogP contribution in [0.3, 0.4) is 0 Å². The van der Waals surface area contributed by atoms with Crippen LogP contribution in [0.15, 0.2) is 18.3 Å². The first-order valence-corrected chi connectivity index (χ1v) is 7.67. The first-order chi connectivity index (χ1) is 9.28. The third-order valence-electron chi connectivity index (χ3n) is 4.56. The number of aryl methyl sites for hydroxylation is 1. The van der Waals surface area contributed by atoms with E-state index >= 15 is 0 Å². The van der Waals surface area contributed by atoms with Gasteiger partial charge in [-0.1, -0.05) is 13.3 Å². The largest absolute Gasteiger partial charge is 0.312 e. The molecule has 2 aromatic rings. The molecule has 2 heterocycles. The molecule has 19 heavy (non-hydrogen) atoms. The average molecular weight is 278 g/mol. The van der Waals surface area contributed by atoms with Gasteiger partial charge in [0, 0.05) is 25.0 Å². The minimum atomic E-state index is 0.464. The Labute approximate surface area is 119 Å². The number of alkyl halides is 1. The van der Waals surface area contributed by atoms with E-state index in [2.05, 4.69) is 16.5 Å². The first kappa shape index (κ1) is 12.9. The van der Waals surface area contributed by atoms with Crippen molar-refractivity contribution >= 4 is 22.8 Å². The molecule has 1 fully saturated rings. The number of aromatic nitrogens is 3. The minimum absolute atomic E-state index is 0.464. The Morgan fingerprint density at radius 1 is 1.42 bits per heavy atom. The van der Waals surface area contributed by atoms with Crippen LogP contribution in [0.5, 0.6) is 0 Å². The number of fused-ring (bicyclic) bond motifs is 1. The summed E-state index contributed by atoms with van der Waals surface area (Å²) in [4.78, 5) is 9.21. The van der Waals surface area contributed by atoms with E-state index in [0.717, 1.165) is 30.0 Å². The summed E-state index contributed by atoms with van der Waals surface area (Å²) < 4.78 is 2.31. The summed E-state index contributed by atoms with van der Waals surface area (Å²) in [6.45, 7) is 3.34. The highest BCUT2D eigenvalue weighted by atomic mass is 35.5. The summed E-state index contributed by atoms with van der Waals surface area (Å²) in [5.41, 5.74) is 2.47.